The maximum absolute atomic E-state index is 12.6. The summed E-state index contributed by atoms with van der Waals surface area (Å²) in [6.07, 6.45) is -4.37. The molecule has 3 rings (SSSR count). The Hall–Kier alpha value is -3.36. The minimum Gasteiger partial charge on any atom is -0.388 e. The maximum Gasteiger partial charge on any atom is 0.416 e. The van der Waals surface area contributed by atoms with Gasteiger partial charge < -0.3 is 16.0 Å². The van der Waals surface area contributed by atoms with E-state index in [4.69, 9.17) is 0 Å². The van der Waals surface area contributed by atoms with E-state index in [1.807, 2.05) is 31.3 Å². The molecule has 0 saturated heterocycles. The van der Waals surface area contributed by atoms with E-state index in [0.29, 0.717) is 17.5 Å². The quantitative estimate of drug-likeness (QED) is 0.600. The van der Waals surface area contributed by atoms with Gasteiger partial charge in [-0.05, 0) is 49.4 Å². The largest absolute Gasteiger partial charge is 0.416 e. The second-order valence-corrected chi connectivity index (χ2v) is 5.69. The topological polar surface area (TPSA) is 74.8 Å². The Morgan fingerprint density at radius 2 is 1.37 bits per heavy atom. The SMILES string of the molecule is CNc1cccc(Nc2nc(C)nc(Nc3ccc(C(F)(F)F)cc3)n2)c1. The molecule has 0 atom stereocenters. The average molecular weight is 374 g/mol. The Bertz CT molecular complexity index is 925. The lowest BCUT2D eigenvalue weighted by molar-refractivity contribution is -0.137. The van der Waals surface area contributed by atoms with Crippen LogP contribution in [0.4, 0.5) is 42.1 Å². The van der Waals surface area contributed by atoms with Crippen molar-refractivity contribution in [3.63, 3.8) is 0 Å². The van der Waals surface area contributed by atoms with Crippen molar-refractivity contribution in [2.75, 3.05) is 23.0 Å². The lowest BCUT2D eigenvalue weighted by atomic mass is 10.2. The molecule has 0 saturated carbocycles. The van der Waals surface area contributed by atoms with Crippen molar-refractivity contribution in [3.05, 3.63) is 59.9 Å². The van der Waals surface area contributed by atoms with Crippen LogP contribution in [0.25, 0.3) is 0 Å². The van der Waals surface area contributed by atoms with E-state index >= 15 is 0 Å². The standard InChI is InChI=1S/C18H17F3N6/c1-11-23-16(25-13-8-6-12(7-9-13)18(19,20)21)27-17(24-11)26-15-5-3-4-14(10-15)22-2/h3-10,22H,1-2H3,(H2,23,24,25,26,27). The fourth-order valence-corrected chi connectivity index (χ4v) is 2.35. The molecule has 2 aromatic carbocycles. The molecule has 1 aromatic heterocycles. The lowest BCUT2D eigenvalue weighted by Crippen LogP contribution is -2.07. The minimum absolute atomic E-state index is 0.231. The van der Waals surface area contributed by atoms with Crippen molar-refractivity contribution in [2.24, 2.45) is 0 Å². The predicted octanol–water partition coefficient (Wildman–Crippen LogP) is 4.73. The highest BCUT2D eigenvalue weighted by molar-refractivity contribution is 5.62. The minimum atomic E-state index is -4.37. The molecular weight excluding hydrogens is 357 g/mol. The van der Waals surface area contributed by atoms with Gasteiger partial charge in [0.25, 0.3) is 0 Å². The number of aromatic nitrogens is 3. The molecule has 0 radical (unpaired) electrons. The number of rotatable bonds is 5. The molecule has 0 aliphatic rings. The van der Waals surface area contributed by atoms with Crippen LogP contribution in [0.3, 0.4) is 0 Å². The summed E-state index contributed by atoms with van der Waals surface area (Å²) in [4.78, 5) is 12.7. The second kappa shape index (κ2) is 7.48. The van der Waals surface area contributed by atoms with Gasteiger partial charge in [-0.2, -0.15) is 28.1 Å². The number of benzene rings is 2. The monoisotopic (exact) mass is 374 g/mol. The van der Waals surface area contributed by atoms with Gasteiger partial charge in [-0.25, -0.2) is 0 Å². The normalized spacial score (nSPS) is 11.1. The van der Waals surface area contributed by atoms with E-state index in [2.05, 4.69) is 30.9 Å². The first-order valence-corrected chi connectivity index (χ1v) is 8.05. The zero-order valence-electron chi connectivity index (χ0n) is 14.6. The summed E-state index contributed by atoms with van der Waals surface area (Å²) in [6.45, 7) is 1.70. The molecule has 0 aliphatic carbocycles. The van der Waals surface area contributed by atoms with Gasteiger partial charge in [0.1, 0.15) is 5.82 Å². The van der Waals surface area contributed by atoms with Gasteiger partial charge in [0.2, 0.25) is 11.9 Å². The number of halogens is 3. The van der Waals surface area contributed by atoms with Crippen molar-refractivity contribution in [1.29, 1.82) is 0 Å². The van der Waals surface area contributed by atoms with Gasteiger partial charge in [0, 0.05) is 24.1 Å². The number of nitrogens with zero attached hydrogens (tertiary/aromatic N) is 3. The highest BCUT2D eigenvalue weighted by Crippen LogP contribution is 2.30. The van der Waals surface area contributed by atoms with Crippen LogP contribution in [0.5, 0.6) is 0 Å². The fraction of sp³-hybridized carbons (Fsp3) is 0.167. The Morgan fingerprint density at radius 3 is 1.96 bits per heavy atom. The highest BCUT2D eigenvalue weighted by Gasteiger charge is 2.29. The molecule has 9 heteroatoms. The van der Waals surface area contributed by atoms with Crippen LogP contribution in [-0.2, 0) is 6.18 Å². The Balaban J connectivity index is 1.78. The van der Waals surface area contributed by atoms with Crippen molar-refractivity contribution in [3.8, 4) is 0 Å². The summed E-state index contributed by atoms with van der Waals surface area (Å²) in [5.74, 6) is 1.02. The maximum atomic E-state index is 12.6. The van der Waals surface area contributed by atoms with Crippen LogP contribution in [0.15, 0.2) is 48.5 Å². The summed E-state index contributed by atoms with van der Waals surface area (Å²) in [7, 11) is 1.82. The predicted molar refractivity (Wildman–Crippen MR) is 98.6 cm³/mol. The van der Waals surface area contributed by atoms with Gasteiger partial charge >= 0.3 is 6.18 Å². The number of hydrogen-bond donors (Lipinski definition) is 3. The van der Waals surface area contributed by atoms with E-state index in [9.17, 15) is 13.2 Å². The molecule has 0 bridgehead atoms. The third-order valence-corrected chi connectivity index (χ3v) is 3.62. The van der Waals surface area contributed by atoms with Crippen molar-refractivity contribution < 1.29 is 13.2 Å². The molecule has 0 fully saturated rings. The average Bonchev–Trinajstić information content (AvgIpc) is 2.61. The van der Waals surface area contributed by atoms with Crippen molar-refractivity contribution in [1.82, 2.24) is 15.0 Å². The van der Waals surface area contributed by atoms with Crippen molar-refractivity contribution >= 4 is 29.0 Å². The molecule has 3 N–H and O–H groups in total. The van der Waals surface area contributed by atoms with Crippen LogP contribution in [-0.4, -0.2) is 22.0 Å². The van der Waals surface area contributed by atoms with E-state index in [-0.39, 0.29) is 5.95 Å². The second-order valence-electron chi connectivity index (χ2n) is 5.69. The van der Waals surface area contributed by atoms with Gasteiger partial charge in [0.05, 0.1) is 5.56 Å². The van der Waals surface area contributed by atoms with E-state index in [0.717, 1.165) is 23.5 Å². The van der Waals surface area contributed by atoms with Gasteiger partial charge in [-0.3, -0.25) is 0 Å². The summed E-state index contributed by atoms with van der Waals surface area (Å²) in [6, 6.07) is 12.2. The van der Waals surface area contributed by atoms with Crippen LogP contribution in [0.1, 0.15) is 11.4 Å². The Kier molecular flexibility index (Phi) is 5.11. The number of hydrogen-bond acceptors (Lipinski definition) is 6. The van der Waals surface area contributed by atoms with Crippen LogP contribution in [0.2, 0.25) is 0 Å². The lowest BCUT2D eigenvalue weighted by Gasteiger charge is -2.11. The Morgan fingerprint density at radius 1 is 0.778 bits per heavy atom. The zero-order valence-corrected chi connectivity index (χ0v) is 14.6. The highest BCUT2D eigenvalue weighted by atomic mass is 19.4. The molecule has 6 nitrogen and oxygen atoms in total. The first-order chi connectivity index (χ1) is 12.8. The molecule has 140 valence electrons. The summed E-state index contributed by atoms with van der Waals surface area (Å²) in [5, 5.41) is 9.01. The van der Waals surface area contributed by atoms with Gasteiger partial charge in [0.15, 0.2) is 0 Å². The van der Waals surface area contributed by atoms with E-state index < -0.39 is 11.7 Å². The molecule has 27 heavy (non-hydrogen) atoms. The summed E-state index contributed by atoms with van der Waals surface area (Å²) >= 11 is 0. The smallest absolute Gasteiger partial charge is 0.388 e. The first-order valence-electron chi connectivity index (χ1n) is 8.05. The third kappa shape index (κ3) is 4.84. The molecule has 0 amide bonds. The van der Waals surface area contributed by atoms with Crippen LogP contribution >= 0.6 is 0 Å². The molecular formula is C18H17F3N6. The molecule has 0 unspecified atom stereocenters. The van der Waals surface area contributed by atoms with Gasteiger partial charge in [-0.1, -0.05) is 6.07 Å². The third-order valence-electron chi connectivity index (χ3n) is 3.62. The van der Waals surface area contributed by atoms with Gasteiger partial charge in [-0.15, -0.1) is 0 Å². The number of alkyl halides is 3. The zero-order chi connectivity index (χ0) is 19.4. The van der Waals surface area contributed by atoms with E-state index in [1.54, 1.807) is 6.92 Å². The van der Waals surface area contributed by atoms with Crippen LogP contribution in [0, 0.1) is 6.92 Å². The molecule has 3 aromatic rings. The molecule has 1 heterocycles. The Labute approximate surface area is 153 Å². The summed E-state index contributed by atoms with van der Waals surface area (Å²) in [5.41, 5.74) is 1.44. The van der Waals surface area contributed by atoms with Crippen LogP contribution < -0.4 is 16.0 Å². The van der Waals surface area contributed by atoms with Crippen molar-refractivity contribution in [2.45, 2.75) is 13.1 Å². The molecule has 0 spiro atoms. The fourth-order valence-electron chi connectivity index (χ4n) is 2.35. The number of anilines is 5. The first kappa shape index (κ1) is 18.4. The van der Waals surface area contributed by atoms with E-state index in [1.165, 1.54) is 12.1 Å². The molecule has 0 aliphatic heterocycles. The number of aryl methyl sites for hydroxylation is 1. The summed E-state index contributed by atoms with van der Waals surface area (Å²) < 4.78 is 37.9. The number of nitrogens with one attached hydrogen (secondary N) is 3.